The van der Waals surface area contributed by atoms with E-state index in [1.807, 2.05) is 19.9 Å². The number of aryl methyl sites for hydroxylation is 2. The van der Waals surface area contributed by atoms with E-state index in [-0.39, 0.29) is 5.97 Å². The predicted molar refractivity (Wildman–Crippen MR) is 56.6 cm³/mol. The van der Waals surface area contributed by atoms with E-state index in [4.69, 9.17) is 4.74 Å². The lowest BCUT2D eigenvalue weighted by Gasteiger charge is -2.11. The third-order valence-corrected chi connectivity index (χ3v) is 2.18. The Morgan fingerprint density at radius 2 is 2.00 bits per heavy atom. The molecule has 0 aliphatic rings. The molecule has 0 fully saturated rings. The summed E-state index contributed by atoms with van der Waals surface area (Å²) in [7, 11) is 0. The molecule has 0 saturated heterocycles. The van der Waals surface area contributed by atoms with Gasteiger partial charge in [-0.05, 0) is 43.0 Å². The van der Waals surface area contributed by atoms with Gasteiger partial charge in [0.25, 0.3) is 0 Å². The van der Waals surface area contributed by atoms with Crippen LogP contribution in [0.1, 0.15) is 30.5 Å². The summed E-state index contributed by atoms with van der Waals surface area (Å²) in [5.41, 5.74) is 3.42. The van der Waals surface area contributed by atoms with Crippen LogP contribution in [-0.4, -0.2) is 5.97 Å². The lowest BCUT2D eigenvalue weighted by Crippen LogP contribution is -2.05. The van der Waals surface area contributed by atoms with Crippen LogP contribution < -0.4 is 4.74 Å². The summed E-state index contributed by atoms with van der Waals surface area (Å²) in [5.74, 6) is 0.446. The molecule has 0 atom stereocenters. The molecule has 1 aromatic rings. The van der Waals surface area contributed by atoms with Gasteiger partial charge in [0.15, 0.2) is 0 Å². The minimum absolute atomic E-state index is 0.260. The minimum atomic E-state index is -0.260. The zero-order valence-electron chi connectivity index (χ0n) is 9.18. The molecule has 0 aliphatic carbocycles. The van der Waals surface area contributed by atoms with Gasteiger partial charge in [-0.2, -0.15) is 0 Å². The zero-order chi connectivity index (χ0) is 10.7. The molecule has 0 saturated carbocycles. The van der Waals surface area contributed by atoms with Crippen LogP contribution in [0, 0.1) is 13.8 Å². The van der Waals surface area contributed by atoms with Gasteiger partial charge in [-0.15, -0.1) is 0 Å². The Kier molecular flexibility index (Phi) is 3.28. The third kappa shape index (κ3) is 2.34. The lowest BCUT2D eigenvalue weighted by molar-refractivity contribution is -0.131. The summed E-state index contributed by atoms with van der Waals surface area (Å²) in [4.78, 5) is 10.9. The average molecular weight is 192 g/mol. The number of hydrogen-bond acceptors (Lipinski definition) is 2. The molecule has 2 nitrogen and oxygen atoms in total. The van der Waals surface area contributed by atoms with Gasteiger partial charge in [0, 0.05) is 6.92 Å². The van der Waals surface area contributed by atoms with Gasteiger partial charge in [0.05, 0.1) is 0 Å². The molecule has 1 aromatic carbocycles. The maximum atomic E-state index is 10.9. The Labute approximate surface area is 84.9 Å². The Morgan fingerprint density at radius 1 is 1.36 bits per heavy atom. The number of hydrogen-bond donors (Lipinski definition) is 0. The molecule has 14 heavy (non-hydrogen) atoms. The zero-order valence-corrected chi connectivity index (χ0v) is 9.18. The van der Waals surface area contributed by atoms with E-state index in [0.29, 0.717) is 5.75 Å². The molecular weight excluding hydrogens is 176 g/mol. The van der Waals surface area contributed by atoms with Gasteiger partial charge in [0.2, 0.25) is 0 Å². The Balaban J connectivity index is 3.17. The van der Waals surface area contributed by atoms with Crippen molar-refractivity contribution in [1.82, 2.24) is 0 Å². The highest BCUT2D eigenvalue weighted by Gasteiger charge is 2.08. The third-order valence-electron chi connectivity index (χ3n) is 2.18. The summed E-state index contributed by atoms with van der Waals surface area (Å²) >= 11 is 0. The first-order valence-corrected chi connectivity index (χ1v) is 4.83. The molecule has 0 heterocycles. The van der Waals surface area contributed by atoms with Gasteiger partial charge < -0.3 is 4.74 Å². The quantitative estimate of drug-likeness (QED) is 0.532. The van der Waals surface area contributed by atoms with Crippen molar-refractivity contribution in [2.45, 2.75) is 34.1 Å². The fraction of sp³-hybridized carbons (Fsp3) is 0.417. The second kappa shape index (κ2) is 4.27. The molecule has 0 bridgehead atoms. The van der Waals surface area contributed by atoms with Gasteiger partial charge in [-0.25, -0.2) is 0 Å². The van der Waals surface area contributed by atoms with Crippen molar-refractivity contribution < 1.29 is 9.53 Å². The monoisotopic (exact) mass is 192 g/mol. The summed E-state index contributed by atoms with van der Waals surface area (Å²) in [5, 5.41) is 0. The number of esters is 1. The molecule has 76 valence electrons. The van der Waals surface area contributed by atoms with E-state index >= 15 is 0 Å². The first kappa shape index (κ1) is 10.8. The van der Waals surface area contributed by atoms with Crippen LogP contribution in [0.15, 0.2) is 12.1 Å². The van der Waals surface area contributed by atoms with E-state index in [9.17, 15) is 4.79 Å². The van der Waals surface area contributed by atoms with Crippen molar-refractivity contribution in [3.63, 3.8) is 0 Å². The maximum Gasteiger partial charge on any atom is 0.308 e. The lowest BCUT2D eigenvalue weighted by atomic mass is 10.0. The van der Waals surface area contributed by atoms with Gasteiger partial charge in [0.1, 0.15) is 5.75 Å². The topological polar surface area (TPSA) is 26.3 Å². The number of ether oxygens (including phenoxy) is 1. The number of rotatable bonds is 2. The fourth-order valence-electron chi connectivity index (χ4n) is 1.66. The largest absolute Gasteiger partial charge is 0.426 e. The predicted octanol–water partition coefficient (Wildman–Crippen LogP) is 2.79. The number of carbonyl (C=O) groups excluding carboxylic acids is 1. The normalized spacial score (nSPS) is 10.0. The second-order valence-electron chi connectivity index (χ2n) is 3.51. The molecule has 0 aromatic heterocycles. The molecule has 0 unspecified atom stereocenters. The van der Waals surface area contributed by atoms with Crippen LogP contribution >= 0.6 is 0 Å². The van der Waals surface area contributed by atoms with Crippen molar-refractivity contribution in [1.29, 1.82) is 0 Å². The van der Waals surface area contributed by atoms with Crippen molar-refractivity contribution in [3.05, 3.63) is 28.8 Å². The highest BCUT2D eigenvalue weighted by Crippen LogP contribution is 2.24. The summed E-state index contributed by atoms with van der Waals surface area (Å²) in [6.45, 7) is 7.53. The van der Waals surface area contributed by atoms with Crippen molar-refractivity contribution in [2.24, 2.45) is 0 Å². The standard InChI is InChI=1S/C12H16O2/c1-5-11-9(3)6-8(2)7-12(11)14-10(4)13/h6-7H,5H2,1-4H3. The van der Waals surface area contributed by atoms with Gasteiger partial charge in [-0.1, -0.05) is 13.0 Å². The SMILES string of the molecule is CCc1c(C)cc(C)cc1OC(C)=O. The molecule has 1 rings (SSSR count). The summed E-state index contributed by atoms with van der Waals surface area (Å²) < 4.78 is 5.16. The van der Waals surface area contributed by atoms with Gasteiger partial charge >= 0.3 is 5.97 Å². The number of carbonyl (C=O) groups is 1. The van der Waals surface area contributed by atoms with Crippen molar-refractivity contribution in [3.8, 4) is 5.75 Å². The maximum absolute atomic E-state index is 10.9. The Bertz CT molecular complexity index is 354. The summed E-state index contributed by atoms with van der Waals surface area (Å²) in [6, 6.07) is 4.01. The van der Waals surface area contributed by atoms with E-state index in [1.165, 1.54) is 12.5 Å². The van der Waals surface area contributed by atoms with Crippen molar-refractivity contribution in [2.75, 3.05) is 0 Å². The Hall–Kier alpha value is -1.31. The molecule has 0 N–H and O–H groups in total. The van der Waals surface area contributed by atoms with E-state index in [0.717, 1.165) is 17.5 Å². The molecule has 0 spiro atoms. The van der Waals surface area contributed by atoms with Crippen LogP contribution in [0.2, 0.25) is 0 Å². The van der Waals surface area contributed by atoms with Gasteiger partial charge in [-0.3, -0.25) is 4.79 Å². The molecule has 2 heteroatoms. The Morgan fingerprint density at radius 3 is 2.50 bits per heavy atom. The first-order valence-electron chi connectivity index (χ1n) is 4.83. The van der Waals surface area contributed by atoms with Crippen LogP contribution in [0.25, 0.3) is 0 Å². The van der Waals surface area contributed by atoms with Crippen LogP contribution in [0.5, 0.6) is 5.75 Å². The van der Waals surface area contributed by atoms with E-state index < -0.39 is 0 Å². The van der Waals surface area contributed by atoms with Crippen molar-refractivity contribution >= 4 is 5.97 Å². The van der Waals surface area contributed by atoms with Crippen LogP contribution in [-0.2, 0) is 11.2 Å². The smallest absolute Gasteiger partial charge is 0.308 e. The van der Waals surface area contributed by atoms with E-state index in [1.54, 1.807) is 0 Å². The summed E-state index contributed by atoms with van der Waals surface area (Å²) in [6.07, 6.45) is 0.884. The average Bonchev–Trinajstić information content (AvgIpc) is 2.01. The first-order chi connectivity index (χ1) is 6.54. The molecule has 0 radical (unpaired) electrons. The van der Waals surface area contributed by atoms with Crippen LogP contribution in [0.3, 0.4) is 0 Å². The highest BCUT2D eigenvalue weighted by atomic mass is 16.5. The number of benzene rings is 1. The minimum Gasteiger partial charge on any atom is -0.426 e. The second-order valence-corrected chi connectivity index (χ2v) is 3.51. The molecule has 0 aliphatic heterocycles. The van der Waals surface area contributed by atoms with E-state index in [2.05, 4.69) is 13.0 Å². The fourth-order valence-corrected chi connectivity index (χ4v) is 1.66. The van der Waals surface area contributed by atoms with Crippen LogP contribution in [0.4, 0.5) is 0 Å². The molecule has 0 amide bonds. The highest BCUT2D eigenvalue weighted by molar-refractivity contribution is 5.70. The molecular formula is C12H16O2.